The summed E-state index contributed by atoms with van der Waals surface area (Å²) in [5.41, 5.74) is 1.51. The first-order chi connectivity index (χ1) is 6.21. The van der Waals surface area contributed by atoms with Gasteiger partial charge in [-0.25, -0.2) is 0 Å². The Morgan fingerprint density at radius 3 is 2.54 bits per heavy atom. The van der Waals surface area contributed by atoms with Gasteiger partial charge in [-0.3, -0.25) is 0 Å². The zero-order valence-corrected chi connectivity index (χ0v) is 8.56. The first kappa shape index (κ1) is 9.04. The maximum absolute atomic E-state index is 5.84. The number of halogens is 1. The Labute approximate surface area is 84.1 Å². The monoisotopic (exact) mass is 195 g/mol. The summed E-state index contributed by atoms with van der Waals surface area (Å²) in [5.74, 6) is 0. The van der Waals surface area contributed by atoms with Crippen molar-refractivity contribution in [3.63, 3.8) is 0 Å². The van der Waals surface area contributed by atoms with Crippen LogP contribution in [0.5, 0.6) is 0 Å². The Balaban J connectivity index is 2.29. The van der Waals surface area contributed by atoms with Crippen LogP contribution in [0.1, 0.15) is 25.3 Å². The first-order valence-corrected chi connectivity index (χ1v) is 5.10. The molecule has 70 valence electrons. The minimum absolute atomic E-state index is 0.171. The number of benzene rings is 1. The summed E-state index contributed by atoms with van der Waals surface area (Å²) in [4.78, 5) is 0. The second-order valence-corrected chi connectivity index (χ2v) is 4.31. The molecule has 0 aromatic heterocycles. The van der Waals surface area contributed by atoms with Gasteiger partial charge in [0.2, 0.25) is 0 Å². The van der Waals surface area contributed by atoms with Gasteiger partial charge >= 0.3 is 0 Å². The van der Waals surface area contributed by atoms with Crippen molar-refractivity contribution in [1.82, 2.24) is 5.32 Å². The van der Waals surface area contributed by atoms with Crippen LogP contribution < -0.4 is 5.32 Å². The van der Waals surface area contributed by atoms with Gasteiger partial charge in [0.05, 0.1) is 0 Å². The molecule has 1 nitrogen and oxygen atoms in total. The molecule has 1 atom stereocenters. The summed E-state index contributed by atoms with van der Waals surface area (Å²) in [6.07, 6.45) is 2.48. The number of hydrogen-bond acceptors (Lipinski definition) is 1. The van der Waals surface area contributed by atoms with Crippen molar-refractivity contribution in [3.8, 4) is 0 Å². The largest absolute Gasteiger partial charge is 0.308 e. The summed E-state index contributed by atoms with van der Waals surface area (Å²) in [7, 11) is 0. The van der Waals surface area contributed by atoms with Crippen molar-refractivity contribution in [1.29, 1.82) is 0 Å². The highest BCUT2D eigenvalue weighted by Crippen LogP contribution is 2.30. The molecule has 1 heterocycles. The summed E-state index contributed by atoms with van der Waals surface area (Å²) >= 11 is 5.84. The quantitative estimate of drug-likeness (QED) is 0.727. The van der Waals surface area contributed by atoms with Crippen LogP contribution in [-0.4, -0.2) is 6.54 Å². The molecular weight excluding hydrogens is 182 g/mol. The molecule has 1 fully saturated rings. The smallest absolute Gasteiger partial charge is 0.0406 e. The van der Waals surface area contributed by atoms with E-state index in [1.807, 2.05) is 12.1 Å². The summed E-state index contributed by atoms with van der Waals surface area (Å²) in [5, 5.41) is 4.34. The van der Waals surface area contributed by atoms with Gasteiger partial charge in [0, 0.05) is 10.6 Å². The van der Waals surface area contributed by atoms with E-state index in [4.69, 9.17) is 11.6 Å². The van der Waals surface area contributed by atoms with Crippen molar-refractivity contribution >= 4 is 11.6 Å². The van der Waals surface area contributed by atoms with Gasteiger partial charge in [-0.05, 0) is 44.0 Å². The van der Waals surface area contributed by atoms with Crippen LogP contribution in [0.4, 0.5) is 0 Å². The molecule has 2 rings (SSSR count). The topological polar surface area (TPSA) is 12.0 Å². The fourth-order valence-electron chi connectivity index (χ4n) is 1.96. The summed E-state index contributed by atoms with van der Waals surface area (Å²) < 4.78 is 0. The second-order valence-electron chi connectivity index (χ2n) is 3.87. The highest BCUT2D eigenvalue weighted by molar-refractivity contribution is 6.30. The highest BCUT2D eigenvalue weighted by Gasteiger charge is 2.29. The number of hydrogen-bond donors (Lipinski definition) is 1. The van der Waals surface area contributed by atoms with Crippen LogP contribution in [0, 0.1) is 0 Å². The van der Waals surface area contributed by atoms with Crippen molar-refractivity contribution in [2.24, 2.45) is 0 Å². The lowest BCUT2D eigenvalue weighted by molar-refractivity contribution is 0.435. The fourth-order valence-corrected chi connectivity index (χ4v) is 2.08. The fraction of sp³-hybridized carbons (Fsp3) is 0.455. The second kappa shape index (κ2) is 3.32. The van der Waals surface area contributed by atoms with E-state index < -0.39 is 0 Å². The third-order valence-electron chi connectivity index (χ3n) is 2.85. The Hall–Kier alpha value is -0.530. The molecule has 1 aliphatic heterocycles. The Morgan fingerprint density at radius 1 is 1.31 bits per heavy atom. The van der Waals surface area contributed by atoms with E-state index in [0.29, 0.717) is 0 Å². The van der Waals surface area contributed by atoms with Crippen LogP contribution in [-0.2, 0) is 5.54 Å². The summed E-state index contributed by atoms with van der Waals surface area (Å²) in [6.45, 7) is 3.38. The molecule has 0 aliphatic carbocycles. The average molecular weight is 196 g/mol. The van der Waals surface area contributed by atoms with E-state index >= 15 is 0 Å². The molecule has 0 saturated carbocycles. The van der Waals surface area contributed by atoms with Crippen molar-refractivity contribution in [2.45, 2.75) is 25.3 Å². The standard InChI is InChI=1S/C11H14ClN/c1-11(7-2-8-13-11)9-3-5-10(12)6-4-9/h3-6,13H,2,7-8H2,1H3. The molecule has 1 saturated heterocycles. The predicted octanol–water partition coefficient (Wildman–Crippen LogP) is 2.94. The van der Waals surface area contributed by atoms with Gasteiger partial charge < -0.3 is 5.32 Å². The Morgan fingerprint density at radius 2 is 2.00 bits per heavy atom. The van der Waals surface area contributed by atoms with Crippen LogP contribution in [0.3, 0.4) is 0 Å². The molecule has 1 aromatic rings. The molecule has 1 aliphatic rings. The van der Waals surface area contributed by atoms with E-state index in [1.165, 1.54) is 18.4 Å². The lowest BCUT2D eigenvalue weighted by Crippen LogP contribution is -2.32. The molecule has 0 amide bonds. The van der Waals surface area contributed by atoms with Gasteiger partial charge in [0.15, 0.2) is 0 Å². The molecule has 13 heavy (non-hydrogen) atoms. The molecule has 0 bridgehead atoms. The van der Waals surface area contributed by atoms with Crippen LogP contribution in [0.2, 0.25) is 5.02 Å². The molecule has 2 heteroatoms. The summed E-state index contributed by atoms with van der Waals surface area (Å²) in [6, 6.07) is 8.14. The normalized spacial score (nSPS) is 27.8. The number of nitrogens with one attached hydrogen (secondary N) is 1. The van der Waals surface area contributed by atoms with Gasteiger partial charge in [0.1, 0.15) is 0 Å². The van der Waals surface area contributed by atoms with Crippen molar-refractivity contribution in [2.75, 3.05) is 6.54 Å². The van der Waals surface area contributed by atoms with E-state index in [9.17, 15) is 0 Å². The van der Waals surface area contributed by atoms with Gasteiger partial charge in [0.25, 0.3) is 0 Å². The number of rotatable bonds is 1. The van der Waals surface area contributed by atoms with E-state index in [1.54, 1.807) is 0 Å². The third-order valence-corrected chi connectivity index (χ3v) is 3.10. The maximum Gasteiger partial charge on any atom is 0.0406 e. The first-order valence-electron chi connectivity index (χ1n) is 4.72. The molecule has 0 spiro atoms. The lowest BCUT2D eigenvalue weighted by Gasteiger charge is -2.24. The lowest BCUT2D eigenvalue weighted by atomic mass is 9.91. The van der Waals surface area contributed by atoms with E-state index in [2.05, 4.69) is 24.4 Å². The molecule has 1 N–H and O–H groups in total. The molecule has 0 radical (unpaired) electrons. The maximum atomic E-state index is 5.84. The Kier molecular flexibility index (Phi) is 2.31. The third kappa shape index (κ3) is 1.72. The molecule has 1 unspecified atom stereocenters. The predicted molar refractivity (Wildman–Crippen MR) is 56.0 cm³/mol. The minimum Gasteiger partial charge on any atom is -0.308 e. The van der Waals surface area contributed by atoms with E-state index in [-0.39, 0.29) is 5.54 Å². The van der Waals surface area contributed by atoms with Crippen LogP contribution in [0.15, 0.2) is 24.3 Å². The SMILES string of the molecule is CC1(c2ccc(Cl)cc2)CCCN1. The van der Waals surface area contributed by atoms with Gasteiger partial charge in [-0.2, -0.15) is 0 Å². The van der Waals surface area contributed by atoms with E-state index in [0.717, 1.165) is 11.6 Å². The minimum atomic E-state index is 0.171. The van der Waals surface area contributed by atoms with Crippen molar-refractivity contribution < 1.29 is 0 Å². The zero-order chi connectivity index (χ0) is 9.31. The molecular formula is C11H14ClN. The Bertz CT molecular complexity index is 285. The highest BCUT2D eigenvalue weighted by atomic mass is 35.5. The van der Waals surface area contributed by atoms with Crippen LogP contribution in [0.25, 0.3) is 0 Å². The van der Waals surface area contributed by atoms with Crippen molar-refractivity contribution in [3.05, 3.63) is 34.9 Å². The average Bonchev–Trinajstić information content (AvgIpc) is 2.54. The van der Waals surface area contributed by atoms with Gasteiger partial charge in [-0.1, -0.05) is 23.7 Å². The zero-order valence-electron chi connectivity index (χ0n) is 7.81. The van der Waals surface area contributed by atoms with Crippen LogP contribution >= 0.6 is 11.6 Å². The molecule has 1 aromatic carbocycles. The van der Waals surface area contributed by atoms with Gasteiger partial charge in [-0.15, -0.1) is 0 Å².